The largest absolute Gasteiger partial charge is 0.376 e. The first-order chi connectivity index (χ1) is 10.0. The minimum Gasteiger partial charge on any atom is -0.376 e. The Morgan fingerprint density at radius 3 is 3.14 bits per heavy atom. The highest BCUT2D eigenvalue weighted by Gasteiger charge is 2.28. The summed E-state index contributed by atoms with van der Waals surface area (Å²) in [5, 5.41) is 0. The number of nitrogen functional groups attached to an aromatic ring is 1. The average Bonchev–Trinajstić information content (AvgIpc) is 3.02. The second-order valence-corrected chi connectivity index (χ2v) is 5.45. The van der Waals surface area contributed by atoms with E-state index in [2.05, 4.69) is 15.0 Å². The van der Waals surface area contributed by atoms with Crippen LogP contribution in [0.1, 0.15) is 32.9 Å². The van der Waals surface area contributed by atoms with Crippen molar-refractivity contribution in [2.45, 2.75) is 45.1 Å². The van der Waals surface area contributed by atoms with Crippen LogP contribution in [0.2, 0.25) is 0 Å². The molecule has 2 aromatic rings. The maximum Gasteiger partial charge on any atom is 0.280 e. The van der Waals surface area contributed by atoms with Crippen molar-refractivity contribution in [3.05, 3.63) is 16.7 Å². The second-order valence-electron chi connectivity index (χ2n) is 5.45. The van der Waals surface area contributed by atoms with Gasteiger partial charge in [-0.15, -0.1) is 0 Å². The first-order valence-electron chi connectivity index (χ1n) is 7.04. The number of rotatable bonds is 4. The number of aromatic amines is 1. The van der Waals surface area contributed by atoms with Crippen molar-refractivity contribution in [3.8, 4) is 0 Å². The fraction of sp³-hybridized carbons (Fsp3) is 0.615. The minimum absolute atomic E-state index is 0.0502. The molecule has 8 heteroatoms. The molecule has 114 valence electrons. The van der Waals surface area contributed by atoms with Gasteiger partial charge in [0.25, 0.3) is 5.56 Å². The molecule has 0 amide bonds. The Labute approximate surface area is 121 Å². The number of fused-ring (bicyclic) bond motifs is 1. The van der Waals surface area contributed by atoms with Gasteiger partial charge in [0, 0.05) is 0 Å². The third-order valence-corrected chi connectivity index (χ3v) is 3.46. The SMILES string of the molecule is CC(C)OC[C@@H]1CC[C@@H](n2cnc3c(=O)[nH]c(N)nc32)O1. The number of hydrogen-bond acceptors (Lipinski definition) is 6. The number of nitrogens with zero attached hydrogens (tertiary/aromatic N) is 3. The van der Waals surface area contributed by atoms with Crippen molar-refractivity contribution < 1.29 is 9.47 Å². The number of aromatic nitrogens is 4. The lowest BCUT2D eigenvalue weighted by Crippen LogP contribution is -2.19. The van der Waals surface area contributed by atoms with Crippen molar-refractivity contribution in [2.75, 3.05) is 12.3 Å². The van der Waals surface area contributed by atoms with Crippen LogP contribution in [0.4, 0.5) is 5.95 Å². The number of imidazole rings is 1. The van der Waals surface area contributed by atoms with Crippen LogP contribution in [0.15, 0.2) is 11.1 Å². The lowest BCUT2D eigenvalue weighted by Gasteiger charge is -2.16. The summed E-state index contributed by atoms with van der Waals surface area (Å²) in [6.07, 6.45) is 3.34. The topological polar surface area (TPSA) is 108 Å². The van der Waals surface area contributed by atoms with Gasteiger partial charge in [-0.25, -0.2) is 4.98 Å². The molecule has 2 atom stereocenters. The van der Waals surface area contributed by atoms with Crippen LogP contribution in [-0.2, 0) is 9.47 Å². The standard InChI is InChI=1S/C13H19N5O3/c1-7(2)20-5-8-3-4-9(21-8)18-6-15-10-11(18)16-13(14)17-12(10)19/h6-9H,3-5H2,1-2H3,(H3,14,16,17,19)/t8-,9-/m0/s1. The first kappa shape index (κ1) is 14.0. The molecular formula is C13H19N5O3. The molecule has 0 aliphatic carbocycles. The lowest BCUT2D eigenvalue weighted by atomic mass is 10.2. The number of anilines is 1. The van der Waals surface area contributed by atoms with Gasteiger partial charge in [-0.05, 0) is 26.7 Å². The van der Waals surface area contributed by atoms with Crippen LogP contribution in [0.5, 0.6) is 0 Å². The molecule has 8 nitrogen and oxygen atoms in total. The molecule has 0 spiro atoms. The number of nitrogens with one attached hydrogen (secondary N) is 1. The minimum atomic E-state index is -0.339. The van der Waals surface area contributed by atoms with Crippen molar-refractivity contribution in [3.63, 3.8) is 0 Å². The maximum absolute atomic E-state index is 11.8. The highest BCUT2D eigenvalue weighted by atomic mass is 16.6. The predicted octanol–water partition coefficient (Wildman–Crippen LogP) is 0.804. The number of ether oxygens (including phenoxy) is 2. The Hall–Kier alpha value is -1.93. The Morgan fingerprint density at radius 1 is 1.57 bits per heavy atom. The van der Waals surface area contributed by atoms with Crippen molar-refractivity contribution in [2.24, 2.45) is 0 Å². The van der Waals surface area contributed by atoms with Gasteiger partial charge < -0.3 is 15.2 Å². The summed E-state index contributed by atoms with van der Waals surface area (Å²) in [5.74, 6) is 0.0759. The van der Waals surface area contributed by atoms with E-state index in [4.69, 9.17) is 15.2 Å². The van der Waals surface area contributed by atoms with Gasteiger partial charge in [0.05, 0.1) is 25.1 Å². The third-order valence-electron chi connectivity index (χ3n) is 3.46. The Morgan fingerprint density at radius 2 is 2.38 bits per heavy atom. The van der Waals surface area contributed by atoms with Crippen LogP contribution in [0, 0.1) is 0 Å². The zero-order valence-electron chi connectivity index (χ0n) is 12.1. The van der Waals surface area contributed by atoms with Crippen LogP contribution in [0.3, 0.4) is 0 Å². The molecule has 0 bridgehead atoms. The maximum atomic E-state index is 11.8. The zero-order valence-corrected chi connectivity index (χ0v) is 12.1. The van der Waals surface area contributed by atoms with Crippen molar-refractivity contribution >= 4 is 17.1 Å². The summed E-state index contributed by atoms with van der Waals surface area (Å²) in [7, 11) is 0. The summed E-state index contributed by atoms with van der Waals surface area (Å²) in [4.78, 5) is 22.4. The molecule has 3 rings (SSSR count). The van der Waals surface area contributed by atoms with Crippen LogP contribution >= 0.6 is 0 Å². The van der Waals surface area contributed by atoms with Crippen LogP contribution < -0.4 is 11.3 Å². The number of H-pyrrole nitrogens is 1. The molecule has 1 aliphatic rings. The van der Waals surface area contributed by atoms with E-state index in [-0.39, 0.29) is 35.5 Å². The monoisotopic (exact) mass is 293 g/mol. The molecule has 21 heavy (non-hydrogen) atoms. The van der Waals surface area contributed by atoms with Gasteiger partial charge in [-0.1, -0.05) is 0 Å². The zero-order chi connectivity index (χ0) is 15.0. The fourth-order valence-electron chi connectivity index (χ4n) is 2.47. The van der Waals surface area contributed by atoms with Gasteiger partial charge in [0.1, 0.15) is 6.23 Å². The Balaban J connectivity index is 1.81. The van der Waals surface area contributed by atoms with Gasteiger partial charge in [-0.2, -0.15) is 4.98 Å². The smallest absolute Gasteiger partial charge is 0.280 e. The molecule has 0 unspecified atom stereocenters. The van der Waals surface area contributed by atoms with Crippen LogP contribution in [0.25, 0.3) is 11.2 Å². The summed E-state index contributed by atoms with van der Waals surface area (Å²) in [5.41, 5.74) is 5.98. The molecular weight excluding hydrogens is 274 g/mol. The van der Waals surface area contributed by atoms with E-state index in [1.54, 1.807) is 10.9 Å². The molecule has 3 N–H and O–H groups in total. The molecule has 0 saturated carbocycles. The Kier molecular flexibility index (Phi) is 3.64. The van der Waals surface area contributed by atoms with E-state index < -0.39 is 0 Å². The summed E-state index contributed by atoms with van der Waals surface area (Å²) >= 11 is 0. The fourth-order valence-corrected chi connectivity index (χ4v) is 2.47. The van der Waals surface area contributed by atoms with Gasteiger partial charge in [-0.3, -0.25) is 14.3 Å². The predicted molar refractivity (Wildman–Crippen MR) is 76.8 cm³/mol. The van der Waals surface area contributed by atoms with Gasteiger partial charge in [0.2, 0.25) is 5.95 Å². The van der Waals surface area contributed by atoms with E-state index in [0.717, 1.165) is 12.8 Å². The molecule has 0 aromatic carbocycles. The van der Waals surface area contributed by atoms with Crippen molar-refractivity contribution in [1.29, 1.82) is 0 Å². The average molecular weight is 293 g/mol. The summed E-state index contributed by atoms with van der Waals surface area (Å²) in [6.45, 7) is 4.56. The molecule has 0 radical (unpaired) electrons. The van der Waals surface area contributed by atoms with E-state index in [0.29, 0.717) is 12.3 Å². The summed E-state index contributed by atoms with van der Waals surface area (Å²) in [6, 6.07) is 0. The van der Waals surface area contributed by atoms with E-state index in [1.807, 2.05) is 13.8 Å². The highest BCUT2D eigenvalue weighted by Crippen LogP contribution is 2.30. The van der Waals surface area contributed by atoms with Gasteiger partial charge >= 0.3 is 0 Å². The first-order valence-corrected chi connectivity index (χ1v) is 7.04. The lowest BCUT2D eigenvalue weighted by molar-refractivity contribution is -0.0526. The normalized spacial score (nSPS) is 22.4. The molecule has 1 fully saturated rings. The molecule has 1 saturated heterocycles. The highest BCUT2D eigenvalue weighted by molar-refractivity contribution is 5.70. The number of hydrogen-bond donors (Lipinski definition) is 2. The van der Waals surface area contributed by atoms with Crippen LogP contribution in [-0.4, -0.2) is 38.3 Å². The van der Waals surface area contributed by atoms with Crippen molar-refractivity contribution in [1.82, 2.24) is 19.5 Å². The number of nitrogens with two attached hydrogens (primary N) is 1. The second kappa shape index (κ2) is 5.45. The van der Waals surface area contributed by atoms with E-state index in [9.17, 15) is 4.79 Å². The quantitative estimate of drug-likeness (QED) is 0.863. The van der Waals surface area contributed by atoms with E-state index >= 15 is 0 Å². The third kappa shape index (κ3) is 2.77. The Bertz CT molecular complexity index is 693. The molecule has 3 heterocycles. The van der Waals surface area contributed by atoms with E-state index in [1.165, 1.54) is 0 Å². The van der Waals surface area contributed by atoms with Gasteiger partial charge in [0.15, 0.2) is 11.2 Å². The summed E-state index contributed by atoms with van der Waals surface area (Å²) < 4.78 is 13.3. The molecule has 1 aliphatic heterocycles. The molecule has 2 aromatic heterocycles.